The Hall–Kier alpha value is -2.53. The third-order valence-electron chi connectivity index (χ3n) is 8.31. The maximum atomic E-state index is 13.6. The highest BCUT2D eigenvalue weighted by atomic mass is 16.5. The van der Waals surface area contributed by atoms with E-state index in [1.54, 1.807) is 6.07 Å². The van der Waals surface area contributed by atoms with Gasteiger partial charge in [0.05, 0.1) is 6.04 Å². The van der Waals surface area contributed by atoms with E-state index >= 15 is 0 Å². The molecular formula is C30H40N2O3. The summed E-state index contributed by atoms with van der Waals surface area (Å²) in [6, 6.07) is 14.5. The number of nitrogens with one attached hydrogen (secondary N) is 1. The van der Waals surface area contributed by atoms with Crippen LogP contribution in [0.5, 0.6) is 11.5 Å². The van der Waals surface area contributed by atoms with Crippen molar-refractivity contribution >= 4 is 5.91 Å². The molecule has 35 heavy (non-hydrogen) atoms. The van der Waals surface area contributed by atoms with Crippen LogP contribution in [0.1, 0.15) is 81.0 Å². The van der Waals surface area contributed by atoms with E-state index in [4.69, 9.17) is 4.74 Å². The molecule has 2 fully saturated rings. The Morgan fingerprint density at radius 3 is 2.57 bits per heavy atom. The number of fused-ring (bicyclic) bond motifs is 1. The van der Waals surface area contributed by atoms with Gasteiger partial charge in [-0.05, 0) is 92.9 Å². The second-order valence-electron chi connectivity index (χ2n) is 10.7. The molecule has 0 spiro atoms. The Morgan fingerprint density at radius 2 is 1.83 bits per heavy atom. The molecule has 0 radical (unpaired) electrons. The molecule has 0 bridgehead atoms. The molecule has 2 aliphatic heterocycles. The highest BCUT2D eigenvalue weighted by molar-refractivity contribution is 5.80. The maximum absolute atomic E-state index is 13.6. The van der Waals surface area contributed by atoms with E-state index < -0.39 is 0 Å². The summed E-state index contributed by atoms with van der Waals surface area (Å²) in [5, 5.41) is 13.6. The number of hydrogen-bond acceptors (Lipinski definition) is 4. The van der Waals surface area contributed by atoms with Crippen LogP contribution < -0.4 is 10.1 Å². The minimum absolute atomic E-state index is 0.00547. The first-order valence-electron chi connectivity index (χ1n) is 13.7. The summed E-state index contributed by atoms with van der Waals surface area (Å²) >= 11 is 0. The highest BCUT2D eigenvalue weighted by Crippen LogP contribution is 2.37. The van der Waals surface area contributed by atoms with E-state index in [0.29, 0.717) is 17.7 Å². The molecule has 5 nitrogen and oxygen atoms in total. The quantitative estimate of drug-likeness (QED) is 0.574. The average Bonchev–Trinajstić information content (AvgIpc) is 2.90. The van der Waals surface area contributed by atoms with Crippen molar-refractivity contribution in [1.29, 1.82) is 0 Å². The summed E-state index contributed by atoms with van der Waals surface area (Å²) < 4.78 is 6.25. The van der Waals surface area contributed by atoms with Gasteiger partial charge in [-0.1, -0.05) is 43.9 Å². The van der Waals surface area contributed by atoms with Gasteiger partial charge in [0.25, 0.3) is 0 Å². The van der Waals surface area contributed by atoms with Crippen LogP contribution in [-0.4, -0.2) is 41.1 Å². The normalized spacial score (nSPS) is 24.0. The van der Waals surface area contributed by atoms with Crippen LogP contribution in [0, 0.1) is 5.92 Å². The van der Waals surface area contributed by atoms with E-state index in [-0.39, 0.29) is 18.1 Å². The molecule has 0 aromatic heterocycles. The molecule has 1 aliphatic carbocycles. The van der Waals surface area contributed by atoms with E-state index in [2.05, 4.69) is 41.4 Å². The first-order valence-corrected chi connectivity index (χ1v) is 13.7. The molecule has 1 saturated heterocycles. The lowest BCUT2D eigenvalue weighted by molar-refractivity contribution is -0.139. The Labute approximate surface area is 209 Å². The zero-order valence-corrected chi connectivity index (χ0v) is 21.0. The molecule has 2 N–H and O–H groups in total. The fraction of sp³-hybridized carbons (Fsp3) is 0.567. The van der Waals surface area contributed by atoms with Crippen LogP contribution in [0.3, 0.4) is 0 Å². The Balaban J connectivity index is 1.32. The molecule has 2 aromatic carbocycles. The predicted molar refractivity (Wildman–Crippen MR) is 139 cm³/mol. The second-order valence-corrected chi connectivity index (χ2v) is 10.7. The lowest BCUT2D eigenvalue weighted by Crippen LogP contribution is -2.44. The molecule has 2 aromatic rings. The van der Waals surface area contributed by atoms with Crippen LogP contribution in [0.15, 0.2) is 42.5 Å². The van der Waals surface area contributed by atoms with Crippen molar-refractivity contribution in [3.8, 4) is 11.5 Å². The molecule has 2 heterocycles. The molecule has 188 valence electrons. The average molecular weight is 477 g/mol. The van der Waals surface area contributed by atoms with Crippen molar-refractivity contribution in [2.45, 2.75) is 89.3 Å². The molecule has 1 amide bonds. The Bertz CT molecular complexity index is 993. The van der Waals surface area contributed by atoms with Gasteiger partial charge in [-0.25, -0.2) is 0 Å². The molecule has 3 atom stereocenters. The van der Waals surface area contributed by atoms with Gasteiger partial charge < -0.3 is 20.1 Å². The number of ether oxygens (including phenoxy) is 1. The third-order valence-corrected chi connectivity index (χ3v) is 8.31. The van der Waals surface area contributed by atoms with Gasteiger partial charge in [0.1, 0.15) is 17.6 Å². The van der Waals surface area contributed by atoms with Crippen LogP contribution in [0.25, 0.3) is 0 Å². The summed E-state index contributed by atoms with van der Waals surface area (Å²) in [7, 11) is 0. The number of benzene rings is 2. The van der Waals surface area contributed by atoms with Crippen LogP contribution in [0.4, 0.5) is 0 Å². The minimum Gasteiger partial charge on any atom is -0.508 e. The number of carbonyl (C=O) groups excluding carboxylic acids is 1. The topological polar surface area (TPSA) is 61.8 Å². The fourth-order valence-electron chi connectivity index (χ4n) is 6.27. The summed E-state index contributed by atoms with van der Waals surface area (Å²) in [6.07, 6.45) is 11.0. The van der Waals surface area contributed by atoms with Gasteiger partial charge in [-0.3, -0.25) is 4.79 Å². The summed E-state index contributed by atoms with van der Waals surface area (Å²) in [5.74, 6) is 1.69. The molecule has 5 rings (SSSR count). The Kier molecular flexibility index (Phi) is 7.62. The van der Waals surface area contributed by atoms with Crippen LogP contribution in [0.2, 0.25) is 0 Å². The summed E-state index contributed by atoms with van der Waals surface area (Å²) in [5.41, 5.74) is 3.54. The first kappa shape index (κ1) is 24.2. The zero-order chi connectivity index (χ0) is 24.2. The highest BCUT2D eigenvalue weighted by Gasteiger charge is 2.35. The van der Waals surface area contributed by atoms with Crippen molar-refractivity contribution < 1.29 is 14.6 Å². The number of rotatable bonds is 6. The largest absolute Gasteiger partial charge is 0.508 e. The molecule has 3 aliphatic rings. The van der Waals surface area contributed by atoms with Crippen molar-refractivity contribution in [2.75, 3.05) is 13.1 Å². The molecule has 3 unspecified atom stereocenters. The maximum Gasteiger partial charge on any atom is 0.226 e. The standard InChI is InChI=1S/C30H40N2O3/c1-21(28-9-5-6-17-31-28)35-26-13-10-22(11-14-26)19-29-27-15-12-25(33)20-24(27)16-18-32(29)30(34)23-7-3-2-4-8-23/h10-15,20-21,23,28-29,31,33H,2-9,16-19H2,1H3. The van der Waals surface area contributed by atoms with E-state index in [1.807, 2.05) is 12.1 Å². The molecular weight excluding hydrogens is 436 g/mol. The lowest BCUT2D eigenvalue weighted by Gasteiger charge is -2.40. The number of phenolic OH excluding ortho intramolecular Hbond substituents is 1. The number of carbonyl (C=O) groups is 1. The first-order chi connectivity index (χ1) is 17.1. The number of aromatic hydroxyl groups is 1. The van der Waals surface area contributed by atoms with Crippen molar-refractivity contribution in [3.05, 3.63) is 59.2 Å². The number of hydrogen-bond donors (Lipinski definition) is 2. The van der Waals surface area contributed by atoms with Crippen LogP contribution >= 0.6 is 0 Å². The van der Waals surface area contributed by atoms with Gasteiger partial charge in [0.2, 0.25) is 5.91 Å². The van der Waals surface area contributed by atoms with Crippen molar-refractivity contribution in [3.63, 3.8) is 0 Å². The van der Waals surface area contributed by atoms with Gasteiger partial charge in [0, 0.05) is 18.5 Å². The molecule has 5 heteroatoms. The minimum atomic E-state index is 0.00547. The van der Waals surface area contributed by atoms with Gasteiger partial charge in [-0.15, -0.1) is 0 Å². The molecule has 1 saturated carbocycles. The predicted octanol–water partition coefficient (Wildman–Crippen LogP) is 5.55. The van der Waals surface area contributed by atoms with Gasteiger partial charge in [0.15, 0.2) is 0 Å². The zero-order valence-electron chi connectivity index (χ0n) is 21.0. The monoisotopic (exact) mass is 476 g/mol. The summed E-state index contributed by atoms with van der Waals surface area (Å²) in [6.45, 7) is 3.96. The number of nitrogens with zero attached hydrogens (tertiary/aromatic N) is 1. The fourth-order valence-corrected chi connectivity index (χ4v) is 6.27. The van der Waals surface area contributed by atoms with E-state index in [9.17, 15) is 9.90 Å². The second kappa shape index (κ2) is 11.0. The lowest BCUT2D eigenvalue weighted by atomic mass is 9.84. The van der Waals surface area contributed by atoms with Gasteiger partial charge >= 0.3 is 0 Å². The van der Waals surface area contributed by atoms with E-state index in [0.717, 1.165) is 62.9 Å². The van der Waals surface area contributed by atoms with Gasteiger partial charge in [-0.2, -0.15) is 0 Å². The Morgan fingerprint density at radius 1 is 1.06 bits per heavy atom. The van der Waals surface area contributed by atoms with E-state index in [1.165, 1.54) is 36.8 Å². The number of piperidine rings is 1. The SMILES string of the molecule is CC(Oc1ccc(CC2c3ccc(O)cc3CCN2C(=O)C2CCCCC2)cc1)C1CCCCN1. The number of phenols is 1. The van der Waals surface area contributed by atoms with Crippen LogP contribution in [-0.2, 0) is 17.6 Å². The number of amides is 1. The smallest absolute Gasteiger partial charge is 0.226 e. The van der Waals surface area contributed by atoms with Crippen molar-refractivity contribution in [2.24, 2.45) is 5.92 Å². The van der Waals surface area contributed by atoms with Crippen molar-refractivity contribution in [1.82, 2.24) is 10.2 Å². The summed E-state index contributed by atoms with van der Waals surface area (Å²) in [4.78, 5) is 15.7. The third kappa shape index (κ3) is 5.66.